The van der Waals surface area contributed by atoms with Gasteiger partial charge in [-0.3, -0.25) is 19.2 Å². The molecule has 0 fully saturated rings. The Bertz CT molecular complexity index is 2060. The van der Waals surface area contributed by atoms with Crippen LogP contribution < -0.4 is 32.1 Å². The van der Waals surface area contributed by atoms with Crippen LogP contribution in [0, 0.1) is 6.92 Å². The van der Waals surface area contributed by atoms with Gasteiger partial charge in [-0.15, -0.1) is 5.10 Å². The minimum Gasteiger partial charge on any atom is -0.478 e. The van der Waals surface area contributed by atoms with Gasteiger partial charge in [0.25, 0.3) is 22.7 Å². The fraction of sp³-hybridized carbons (Fsp3) is 0.200. The number of nitrogens with two attached hydrogens (primary N) is 1. The van der Waals surface area contributed by atoms with Crippen molar-refractivity contribution in [1.82, 2.24) is 30.4 Å². The first-order valence-corrected chi connectivity index (χ1v) is 13.7. The average molecular weight is 595 g/mol. The minimum atomic E-state index is -1.03. The van der Waals surface area contributed by atoms with Crippen LogP contribution in [0.1, 0.15) is 59.2 Å². The second-order valence-electron chi connectivity index (χ2n) is 10.5. The van der Waals surface area contributed by atoms with E-state index >= 15 is 0 Å². The molecule has 2 aromatic heterocycles. The lowest BCUT2D eigenvalue weighted by Crippen LogP contribution is -2.44. The number of carbonyl (C=O) groups excluding carboxylic acids is 2. The van der Waals surface area contributed by atoms with Crippen LogP contribution in [0.4, 0.5) is 11.4 Å². The lowest BCUT2D eigenvalue weighted by atomic mass is 9.96. The molecule has 0 aliphatic carbocycles. The molecule has 1 aliphatic heterocycles. The number of amides is 2. The molecule has 14 heteroatoms. The first-order valence-electron chi connectivity index (χ1n) is 13.7. The molecule has 2 amide bonds. The van der Waals surface area contributed by atoms with Crippen LogP contribution in [-0.2, 0) is 26.1 Å². The number of aromatic nitrogens is 4. The summed E-state index contributed by atoms with van der Waals surface area (Å²) >= 11 is 0. The van der Waals surface area contributed by atoms with Crippen LogP contribution in [0.5, 0.6) is 0 Å². The van der Waals surface area contributed by atoms with Crippen molar-refractivity contribution in [3.05, 3.63) is 114 Å². The molecule has 3 aromatic carbocycles. The number of rotatable bonds is 8. The maximum atomic E-state index is 13.1. The number of nitrogen functional groups attached to an aromatic ring is 1. The van der Waals surface area contributed by atoms with Crippen molar-refractivity contribution in [2.24, 2.45) is 0 Å². The Hall–Kier alpha value is -5.92. The zero-order valence-corrected chi connectivity index (χ0v) is 23.5. The van der Waals surface area contributed by atoms with Crippen molar-refractivity contribution in [3.8, 4) is 0 Å². The SMILES string of the molecule is Cc1cc(CNC(=O)c2cc(C(=O)NCc3ccc4c(c3)CN(c3c(N)c(=O)c3=O)CC4)nc3cnnn23)ccc1C(=O)O. The van der Waals surface area contributed by atoms with Crippen molar-refractivity contribution < 1.29 is 19.5 Å². The smallest absolute Gasteiger partial charge is 0.335 e. The Balaban J connectivity index is 1.14. The summed E-state index contributed by atoms with van der Waals surface area (Å²) in [5.41, 5.74) is 9.37. The van der Waals surface area contributed by atoms with Gasteiger partial charge in [-0.25, -0.2) is 9.78 Å². The molecule has 0 unspecified atom stereocenters. The van der Waals surface area contributed by atoms with E-state index in [0.29, 0.717) is 30.6 Å². The van der Waals surface area contributed by atoms with E-state index in [4.69, 9.17) is 5.73 Å². The topological polar surface area (TPSA) is 202 Å². The van der Waals surface area contributed by atoms with Crippen molar-refractivity contribution in [1.29, 1.82) is 0 Å². The Morgan fingerprint density at radius 1 is 0.955 bits per heavy atom. The average Bonchev–Trinajstić information content (AvgIpc) is 3.50. The highest BCUT2D eigenvalue weighted by molar-refractivity contribution is 5.98. The van der Waals surface area contributed by atoms with Crippen LogP contribution in [0.25, 0.3) is 5.65 Å². The molecule has 14 nitrogen and oxygen atoms in total. The highest BCUT2D eigenvalue weighted by Crippen LogP contribution is 2.26. The number of hydrogen-bond acceptors (Lipinski definition) is 10. The van der Waals surface area contributed by atoms with Gasteiger partial charge in [-0.1, -0.05) is 35.5 Å². The molecule has 5 aromatic rings. The van der Waals surface area contributed by atoms with Crippen LogP contribution in [0.2, 0.25) is 0 Å². The van der Waals surface area contributed by atoms with E-state index in [2.05, 4.69) is 25.9 Å². The van der Waals surface area contributed by atoms with Gasteiger partial charge in [0.15, 0.2) is 5.65 Å². The molecule has 0 spiro atoms. The molecule has 0 bridgehead atoms. The molecule has 0 saturated heterocycles. The summed E-state index contributed by atoms with van der Waals surface area (Å²) in [4.78, 5) is 67.2. The highest BCUT2D eigenvalue weighted by Gasteiger charge is 2.27. The van der Waals surface area contributed by atoms with E-state index in [1.54, 1.807) is 24.0 Å². The summed E-state index contributed by atoms with van der Waals surface area (Å²) in [5, 5.41) is 22.5. The molecular weight excluding hydrogens is 568 g/mol. The summed E-state index contributed by atoms with van der Waals surface area (Å²) in [6, 6.07) is 11.9. The van der Waals surface area contributed by atoms with E-state index in [1.165, 1.54) is 22.8 Å². The maximum Gasteiger partial charge on any atom is 0.335 e. The fourth-order valence-electron chi connectivity index (χ4n) is 5.35. The standard InChI is InChI=1S/C30H26N8O6/c1-15-8-16(3-5-20(15)30(43)44)11-33-29(42)22-10-21(35-23-13-34-36-38(22)23)28(41)32-12-17-2-4-18-6-7-37(14-19(18)9-17)25-24(31)26(39)27(25)40/h2-5,8-10,13H,6-7,11-12,14,31H2,1H3,(H,32,41)(H,33,42)(H,43,44). The molecular formula is C30H26N8O6. The molecule has 44 heavy (non-hydrogen) atoms. The fourth-order valence-corrected chi connectivity index (χ4v) is 5.35. The molecule has 0 atom stereocenters. The summed E-state index contributed by atoms with van der Waals surface area (Å²) in [5.74, 6) is -2.08. The van der Waals surface area contributed by atoms with E-state index in [-0.39, 0.29) is 47.1 Å². The Morgan fingerprint density at radius 3 is 2.41 bits per heavy atom. The summed E-state index contributed by atoms with van der Waals surface area (Å²) in [6.07, 6.45) is 2.01. The van der Waals surface area contributed by atoms with Crippen LogP contribution >= 0.6 is 0 Å². The zero-order valence-electron chi connectivity index (χ0n) is 23.5. The van der Waals surface area contributed by atoms with Crippen molar-refractivity contribution in [2.45, 2.75) is 33.0 Å². The van der Waals surface area contributed by atoms with Crippen molar-refractivity contribution >= 4 is 34.8 Å². The van der Waals surface area contributed by atoms with Gasteiger partial charge in [-0.2, -0.15) is 4.52 Å². The molecule has 3 heterocycles. The summed E-state index contributed by atoms with van der Waals surface area (Å²) in [7, 11) is 0. The lowest BCUT2D eigenvalue weighted by molar-refractivity contribution is 0.0695. The van der Waals surface area contributed by atoms with Gasteiger partial charge in [-0.05, 0) is 47.2 Å². The van der Waals surface area contributed by atoms with E-state index in [0.717, 1.165) is 16.7 Å². The van der Waals surface area contributed by atoms with Crippen molar-refractivity contribution in [2.75, 3.05) is 17.2 Å². The number of fused-ring (bicyclic) bond motifs is 2. The van der Waals surface area contributed by atoms with Crippen molar-refractivity contribution in [3.63, 3.8) is 0 Å². The number of carboxylic acids is 1. The van der Waals surface area contributed by atoms with Gasteiger partial charge in [0, 0.05) is 32.2 Å². The maximum absolute atomic E-state index is 13.1. The number of carboxylic acid groups (broad SMARTS) is 1. The van der Waals surface area contributed by atoms with E-state index in [1.807, 2.05) is 18.2 Å². The number of aromatic carboxylic acids is 1. The second-order valence-corrected chi connectivity index (χ2v) is 10.5. The Morgan fingerprint density at radius 2 is 1.68 bits per heavy atom. The number of benzene rings is 2. The summed E-state index contributed by atoms with van der Waals surface area (Å²) < 4.78 is 1.22. The minimum absolute atomic E-state index is 0.00253. The van der Waals surface area contributed by atoms with Crippen LogP contribution in [0.15, 0.2) is 58.3 Å². The van der Waals surface area contributed by atoms with Crippen LogP contribution in [0.3, 0.4) is 0 Å². The second kappa shape index (κ2) is 11.1. The highest BCUT2D eigenvalue weighted by atomic mass is 16.4. The van der Waals surface area contributed by atoms with Crippen LogP contribution in [-0.4, -0.2) is 49.2 Å². The largest absolute Gasteiger partial charge is 0.478 e. The number of nitrogens with one attached hydrogen (secondary N) is 2. The predicted octanol–water partition coefficient (Wildman–Crippen LogP) is 0.732. The van der Waals surface area contributed by atoms with Gasteiger partial charge < -0.3 is 26.4 Å². The monoisotopic (exact) mass is 594 g/mol. The quantitative estimate of drug-likeness (QED) is 0.185. The van der Waals surface area contributed by atoms with E-state index in [9.17, 15) is 29.1 Å². The normalized spacial score (nSPS) is 12.7. The molecule has 222 valence electrons. The third-order valence-electron chi connectivity index (χ3n) is 7.68. The Labute approximate surface area is 248 Å². The van der Waals surface area contributed by atoms with Gasteiger partial charge in [0.05, 0.1) is 11.8 Å². The van der Waals surface area contributed by atoms with Gasteiger partial charge in [0.2, 0.25) is 0 Å². The molecule has 6 rings (SSSR count). The van der Waals surface area contributed by atoms with E-state index < -0.39 is 28.6 Å². The Kier molecular flexibility index (Phi) is 7.09. The van der Waals surface area contributed by atoms with Gasteiger partial charge >= 0.3 is 5.97 Å². The molecule has 5 N–H and O–H groups in total. The molecule has 0 saturated carbocycles. The molecule has 0 radical (unpaired) electrons. The lowest BCUT2D eigenvalue weighted by Gasteiger charge is -2.32. The van der Waals surface area contributed by atoms with Gasteiger partial charge in [0.1, 0.15) is 22.8 Å². The predicted molar refractivity (Wildman–Crippen MR) is 158 cm³/mol. The number of aryl methyl sites for hydroxylation is 1. The first kappa shape index (κ1) is 28.2. The number of anilines is 2. The third kappa shape index (κ3) is 5.12. The zero-order chi connectivity index (χ0) is 31.1. The number of hydrogen-bond donors (Lipinski definition) is 4. The third-order valence-corrected chi connectivity index (χ3v) is 7.68. The number of nitrogens with zero attached hydrogens (tertiary/aromatic N) is 5. The first-order chi connectivity index (χ1) is 21.1. The molecule has 1 aliphatic rings. The summed E-state index contributed by atoms with van der Waals surface area (Å²) in [6.45, 7) is 2.95. The number of carbonyl (C=O) groups is 3.